The average molecular weight is 630 g/mol. The zero-order valence-corrected chi connectivity index (χ0v) is 23.0. The monoisotopic (exact) mass is 630 g/mol. The third-order valence-electron chi connectivity index (χ3n) is 6.47. The third kappa shape index (κ3) is 4.97. The minimum absolute atomic E-state index is 0.180. The minimum atomic E-state index is -3.54. The fourth-order valence-corrected chi connectivity index (χ4v) is 5.69. The van der Waals surface area contributed by atoms with Crippen molar-refractivity contribution in [3.05, 3.63) is 74.3 Å². The molecular weight excluding hydrogens is 602 g/mol. The van der Waals surface area contributed by atoms with Crippen molar-refractivity contribution in [3.63, 3.8) is 0 Å². The van der Waals surface area contributed by atoms with Gasteiger partial charge in [0, 0.05) is 31.7 Å². The molecule has 12 heteroatoms. The summed E-state index contributed by atoms with van der Waals surface area (Å²) in [6, 6.07) is 9.06. The molecule has 0 radical (unpaired) electrons. The lowest BCUT2D eigenvalue weighted by atomic mass is 9.79. The molecule has 0 aromatic heterocycles. The number of rotatable bonds is 5. The fourth-order valence-electron chi connectivity index (χ4n) is 4.68. The molecule has 0 fully saturated rings. The number of fused-ring (bicyclic) bond motifs is 1. The van der Waals surface area contributed by atoms with Gasteiger partial charge in [-0.05, 0) is 73.7 Å². The molecule has 4 unspecified atom stereocenters. The van der Waals surface area contributed by atoms with Gasteiger partial charge in [-0.2, -0.15) is 5.06 Å². The van der Waals surface area contributed by atoms with Crippen LogP contribution in [0.5, 0.6) is 0 Å². The van der Waals surface area contributed by atoms with Gasteiger partial charge >= 0.3 is 0 Å². The number of anilines is 2. The highest BCUT2D eigenvalue weighted by Gasteiger charge is 2.46. The Balaban J connectivity index is 1.97. The van der Waals surface area contributed by atoms with E-state index in [1.807, 2.05) is 22.6 Å². The highest BCUT2D eigenvalue weighted by atomic mass is 127. The van der Waals surface area contributed by atoms with Crippen LogP contribution < -0.4 is 10.0 Å². The maximum atomic E-state index is 14.7. The van der Waals surface area contributed by atoms with Gasteiger partial charge in [-0.3, -0.25) is 15.0 Å². The van der Waals surface area contributed by atoms with Crippen molar-refractivity contribution < 1.29 is 28.3 Å². The van der Waals surface area contributed by atoms with E-state index in [2.05, 4.69) is 10.0 Å². The van der Waals surface area contributed by atoms with Gasteiger partial charge in [0.25, 0.3) is 0 Å². The van der Waals surface area contributed by atoms with E-state index in [1.165, 1.54) is 6.07 Å². The van der Waals surface area contributed by atoms with Crippen LogP contribution in [0.2, 0.25) is 0 Å². The molecule has 0 saturated heterocycles. The van der Waals surface area contributed by atoms with Crippen LogP contribution in [0.1, 0.15) is 26.3 Å². The van der Waals surface area contributed by atoms with E-state index in [-0.39, 0.29) is 11.4 Å². The van der Waals surface area contributed by atoms with Crippen LogP contribution >= 0.6 is 22.6 Å². The Hall–Kier alpha value is -2.23. The third-order valence-corrected chi connectivity index (χ3v) is 7.75. The van der Waals surface area contributed by atoms with Crippen LogP contribution in [0.25, 0.3) is 5.70 Å². The second kappa shape index (κ2) is 9.91. The standard InChI is InChI=1S/C24H28FIN4O5S/c1-12-20-21(22(13(2)29(12)32)27-19-9-8-16(26)11-18(19)25)24(31)14(3)30(33)23(20)15-6-5-7-17(10-15)28-36(4,34)35/h5-14,24,27-28,31-33H,1-4H3. The first-order chi connectivity index (χ1) is 16.8. The molecule has 4 atom stereocenters. The molecule has 0 bridgehead atoms. The molecule has 0 saturated carbocycles. The quantitative estimate of drug-likeness (QED) is 0.316. The number of benzene rings is 2. The van der Waals surface area contributed by atoms with E-state index < -0.39 is 40.1 Å². The summed E-state index contributed by atoms with van der Waals surface area (Å²) in [6.07, 6.45) is -0.130. The van der Waals surface area contributed by atoms with E-state index in [1.54, 1.807) is 57.2 Å². The topological polar surface area (TPSA) is 125 Å². The van der Waals surface area contributed by atoms with Gasteiger partial charge in [0.1, 0.15) is 11.9 Å². The molecule has 0 amide bonds. The Morgan fingerprint density at radius 1 is 1.03 bits per heavy atom. The lowest BCUT2D eigenvalue weighted by molar-refractivity contribution is -0.142. The molecule has 2 aliphatic heterocycles. The summed E-state index contributed by atoms with van der Waals surface area (Å²) in [6.45, 7) is 5.09. The van der Waals surface area contributed by atoms with Crippen molar-refractivity contribution in [1.82, 2.24) is 10.1 Å². The van der Waals surface area contributed by atoms with Gasteiger partial charge in [0.2, 0.25) is 10.0 Å². The summed E-state index contributed by atoms with van der Waals surface area (Å²) >= 11 is 2.01. The second-order valence-electron chi connectivity index (χ2n) is 9.06. The van der Waals surface area contributed by atoms with Crippen molar-refractivity contribution in [1.29, 1.82) is 0 Å². The summed E-state index contributed by atoms with van der Waals surface area (Å²) in [4.78, 5) is 0. The Kier molecular flexibility index (Phi) is 7.38. The molecule has 9 nitrogen and oxygen atoms in total. The number of aliphatic hydroxyl groups excluding tert-OH is 1. The molecule has 36 heavy (non-hydrogen) atoms. The van der Waals surface area contributed by atoms with Gasteiger partial charge in [-0.15, -0.1) is 0 Å². The molecule has 0 spiro atoms. The summed E-state index contributed by atoms with van der Waals surface area (Å²) in [7, 11) is -3.54. The normalized spacial score (nSPS) is 25.2. The molecule has 2 aromatic carbocycles. The molecular formula is C24H28FIN4O5S. The number of hydroxylamine groups is 4. The summed E-state index contributed by atoms with van der Waals surface area (Å²) in [5, 5.41) is 38.5. The predicted molar refractivity (Wildman–Crippen MR) is 143 cm³/mol. The van der Waals surface area contributed by atoms with Crippen molar-refractivity contribution >= 4 is 49.7 Å². The highest BCUT2D eigenvalue weighted by molar-refractivity contribution is 14.1. The van der Waals surface area contributed by atoms with Crippen LogP contribution in [0.4, 0.5) is 15.8 Å². The van der Waals surface area contributed by atoms with E-state index in [4.69, 9.17) is 0 Å². The summed E-state index contributed by atoms with van der Waals surface area (Å²) < 4.78 is 41.4. The molecule has 0 aliphatic carbocycles. The van der Waals surface area contributed by atoms with Gasteiger partial charge in [0.15, 0.2) is 0 Å². The Morgan fingerprint density at radius 2 is 1.72 bits per heavy atom. The first kappa shape index (κ1) is 26.8. The van der Waals surface area contributed by atoms with E-state index in [0.29, 0.717) is 28.1 Å². The predicted octanol–water partition coefficient (Wildman–Crippen LogP) is 3.82. The van der Waals surface area contributed by atoms with Gasteiger partial charge in [0.05, 0.1) is 35.8 Å². The number of halogens is 2. The van der Waals surface area contributed by atoms with E-state index in [0.717, 1.165) is 20.0 Å². The first-order valence-electron chi connectivity index (χ1n) is 11.2. The fraction of sp³-hybridized carbons (Fsp3) is 0.333. The molecule has 4 rings (SSSR count). The largest absolute Gasteiger partial charge is 0.386 e. The summed E-state index contributed by atoms with van der Waals surface area (Å²) in [5.74, 6) is -0.488. The Morgan fingerprint density at radius 3 is 2.36 bits per heavy atom. The molecule has 2 aliphatic rings. The Labute approximate surface area is 223 Å². The second-order valence-corrected chi connectivity index (χ2v) is 12.0. The molecule has 2 aromatic rings. The minimum Gasteiger partial charge on any atom is -0.386 e. The van der Waals surface area contributed by atoms with Crippen LogP contribution in [0.15, 0.2) is 59.3 Å². The summed E-state index contributed by atoms with van der Waals surface area (Å²) in [5.41, 5.74) is 2.48. The lowest BCUT2D eigenvalue weighted by Gasteiger charge is -2.47. The zero-order valence-electron chi connectivity index (χ0n) is 20.1. The van der Waals surface area contributed by atoms with Crippen molar-refractivity contribution in [2.45, 2.75) is 45.0 Å². The number of nitrogens with zero attached hydrogens (tertiary/aromatic N) is 2. The van der Waals surface area contributed by atoms with Gasteiger partial charge in [-0.1, -0.05) is 12.1 Å². The number of nitrogens with one attached hydrogen (secondary N) is 2. The Bertz CT molecular complexity index is 1370. The first-order valence-corrected chi connectivity index (χ1v) is 14.2. The van der Waals surface area contributed by atoms with Crippen molar-refractivity contribution in [2.24, 2.45) is 0 Å². The van der Waals surface area contributed by atoms with Crippen LogP contribution in [-0.2, 0) is 10.0 Å². The van der Waals surface area contributed by atoms with Crippen molar-refractivity contribution in [3.8, 4) is 0 Å². The average Bonchev–Trinajstić information content (AvgIpc) is 2.79. The zero-order chi connectivity index (χ0) is 26.5. The van der Waals surface area contributed by atoms with Crippen LogP contribution in [0.3, 0.4) is 0 Å². The number of aliphatic hydroxyl groups is 1. The molecule has 2 heterocycles. The highest BCUT2D eigenvalue weighted by Crippen LogP contribution is 2.44. The van der Waals surface area contributed by atoms with Crippen molar-refractivity contribution in [2.75, 3.05) is 16.3 Å². The molecule has 5 N–H and O–H groups in total. The SMILES string of the molecule is CC1C(O)C2=C(Nc3ccc(I)cc3F)C(C)N(O)C(C)C2=C(c2cccc(NS(C)(=O)=O)c2)N1O. The van der Waals surface area contributed by atoms with E-state index >= 15 is 0 Å². The molecule has 194 valence electrons. The lowest BCUT2D eigenvalue weighted by Crippen LogP contribution is -2.54. The van der Waals surface area contributed by atoms with E-state index in [9.17, 15) is 28.3 Å². The van der Waals surface area contributed by atoms with Gasteiger partial charge < -0.3 is 15.6 Å². The number of hydrogen-bond acceptors (Lipinski definition) is 8. The smallest absolute Gasteiger partial charge is 0.229 e. The van der Waals surface area contributed by atoms with Crippen LogP contribution in [-0.4, -0.2) is 64.6 Å². The van der Waals surface area contributed by atoms with Crippen LogP contribution in [0, 0.1) is 9.39 Å². The van der Waals surface area contributed by atoms with Gasteiger partial charge in [-0.25, -0.2) is 12.8 Å². The maximum absolute atomic E-state index is 14.7. The number of sulfonamides is 1. The number of hydrogen-bond donors (Lipinski definition) is 5. The maximum Gasteiger partial charge on any atom is 0.229 e.